The molecule has 16 heavy (non-hydrogen) atoms. The van der Waals surface area contributed by atoms with Gasteiger partial charge >= 0.3 is 0 Å². The van der Waals surface area contributed by atoms with E-state index in [1.165, 1.54) is 11.4 Å². The molecule has 0 aliphatic rings. The molecule has 0 aliphatic heterocycles. The second kappa shape index (κ2) is 7.44. The van der Waals surface area contributed by atoms with Gasteiger partial charge in [-0.25, -0.2) is 0 Å². The van der Waals surface area contributed by atoms with Crippen LogP contribution in [0.1, 0.15) is 27.7 Å². The molecular weight excluding hydrogens is 198 g/mol. The molecule has 0 saturated heterocycles. The fourth-order valence-electron chi connectivity index (χ4n) is 0.969. The van der Waals surface area contributed by atoms with Crippen LogP contribution in [0.4, 0.5) is 0 Å². The molecule has 0 bridgehead atoms. The predicted octanol–water partition coefficient (Wildman–Crippen LogP) is 2.46. The lowest BCUT2D eigenvalue weighted by atomic mass is 10.1. The van der Waals surface area contributed by atoms with Crippen LogP contribution in [0.5, 0.6) is 0 Å². The first-order chi connectivity index (χ1) is 7.34. The highest BCUT2D eigenvalue weighted by Crippen LogP contribution is 2.02. The van der Waals surface area contributed by atoms with E-state index in [9.17, 15) is 0 Å². The lowest BCUT2D eigenvalue weighted by Crippen LogP contribution is -2.27. The average Bonchev–Trinajstić information content (AvgIpc) is 2.21. The lowest BCUT2D eigenvalue weighted by Gasteiger charge is -2.21. The maximum Gasteiger partial charge on any atom is 0.0455 e. The number of hydrogen-bond donors (Lipinski definition) is 0. The number of likely N-dealkylation sites (N-methyl/N-ethyl adjacent to an activating group) is 2. The summed E-state index contributed by atoms with van der Waals surface area (Å²) in [6.45, 7) is 10.6. The van der Waals surface area contributed by atoms with Crippen molar-refractivity contribution in [2.45, 2.75) is 27.7 Å². The highest BCUT2D eigenvalue weighted by molar-refractivity contribution is 5.84. The van der Waals surface area contributed by atoms with Crippen LogP contribution in [0, 0.1) is 5.92 Å². The van der Waals surface area contributed by atoms with Gasteiger partial charge in [-0.2, -0.15) is 0 Å². The quantitative estimate of drug-likeness (QED) is 0.647. The van der Waals surface area contributed by atoms with Gasteiger partial charge in [0.25, 0.3) is 0 Å². The minimum Gasteiger partial charge on any atom is -0.376 e. The summed E-state index contributed by atoms with van der Waals surface area (Å²) in [5.41, 5.74) is 2.39. The Bertz CT molecular complexity index is 252. The molecule has 3 heteroatoms. The van der Waals surface area contributed by atoms with Crippen LogP contribution in [0.25, 0.3) is 0 Å². The lowest BCUT2D eigenvalue weighted by molar-refractivity contribution is 0.325. The predicted molar refractivity (Wildman–Crippen MR) is 72.9 cm³/mol. The maximum absolute atomic E-state index is 4.47. The first-order valence-corrected chi connectivity index (χ1v) is 5.91. The zero-order chi connectivity index (χ0) is 12.7. The normalized spacial score (nSPS) is 13.8. The summed E-state index contributed by atoms with van der Waals surface area (Å²) in [5.74, 6) is 0.524. The van der Waals surface area contributed by atoms with Gasteiger partial charge in [-0.15, -0.1) is 0 Å². The van der Waals surface area contributed by atoms with Gasteiger partial charge in [-0.3, -0.25) is 4.99 Å². The third-order valence-electron chi connectivity index (χ3n) is 2.78. The summed E-state index contributed by atoms with van der Waals surface area (Å²) >= 11 is 0. The standard InChI is InChI=1S/C13H27N3/c1-11(2)13(4)14-10-12(3)16(7)9-8-15(5)6/h10-11H,8-9H2,1-7H3/b12-10+,14-13?. The average molecular weight is 225 g/mol. The second-order valence-electron chi connectivity index (χ2n) is 4.92. The first kappa shape index (κ1) is 15.2. The van der Waals surface area contributed by atoms with Gasteiger partial charge < -0.3 is 9.80 Å². The van der Waals surface area contributed by atoms with Crippen molar-refractivity contribution in [3.05, 3.63) is 11.9 Å². The summed E-state index contributed by atoms with van der Waals surface area (Å²) in [4.78, 5) is 8.89. The molecule has 0 saturated carbocycles. The van der Waals surface area contributed by atoms with E-state index in [1.54, 1.807) is 0 Å². The molecular formula is C13H27N3. The Hall–Kier alpha value is -0.830. The third kappa shape index (κ3) is 6.62. The van der Waals surface area contributed by atoms with Crippen molar-refractivity contribution in [1.82, 2.24) is 9.80 Å². The van der Waals surface area contributed by atoms with Crippen molar-refractivity contribution < 1.29 is 0 Å². The summed E-state index contributed by atoms with van der Waals surface area (Å²) in [6.07, 6.45) is 1.96. The number of aliphatic imine (C=N–C) groups is 1. The van der Waals surface area contributed by atoms with E-state index in [-0.39, 0.29) is 0 Å². The van der Waals surface area contributed by atoms with Crippen LogP contribution in [0.15, 0.2) is 16.9 Å². The second-order valence-corrected chi connectivity index (χ2v) is 4.92. The fourth-order valence-corrected chi connectivity index (χ4v) is 0.969. The van der Waals surface area contributed by atoms with Gasteiger partial charge in [0.15, 0.2) is 0 Å². The smallest absolute Gasteiger partial charge is 0.0455 e. The molecule has 0 radical (unpaired) electrons. The van der Waals surface area contributed by atoms with Crippen LogP contribution in [0.2, 0.25) is 0 Å². The molecule has 0 N–H and O–H groups in total. The zero-order valence-corrected chi connectivity index (χ0v) is 11.9. The largest absolute Gasteiger partial charge is 0.376 e. The van der Waals surface area contributed by atoms with E-state index >= 15 is 0 Å². The van der Waals surface area contributed by atoms with Crippen LogP contribution in [-0.4, -0.2) is 49.7 Å². The summed E-state index contributed by atoms with van der Waals surface area (Å²) in [5, 5.41) is 0. The van der Waals surface area contributed by atoms with Crippen molar-refractivity contribution in [3.8, 4) is 0 Å². The molecule has 94 valence electrons. The molecule has 0 aromatic carbocycles. The Morgan fingerprint density at radius 2 is 1.69 bits per heavy atom. The molecule has 0 amide bonds. The Kier molecular flexibility index (Phi) is 7.06. The van der Waals surface area contributed by atoms with Crippen molar-refractivity contribution in [2.75, 3.05) is 34.2 Å². The van der Waals surface area contributed by atoms with E-state index in [2.05, 4.69) is 63.6 Å². The highest BCUT2D eigenvalue weighted by atomic mass is 15.2. The Morgan fingerprint density at radius 1 is 1.12 bits per heavy atom. The Morgan fingerprint density at radius 3 is 2.12 bits per heavy atom. The molecule has 0 spiro atoms. The van der Waals surface area contributed by atoms with E-state index in [0.29, 0.717) is 5.92 Å². The van der Waals surface area contributed by atoms with Gasteiger partial charge in [0, 0.05) is 37.7 Å². The third-order valence-corrected chi connectivity index (χ3v) is 2.78. The SMILES string of the molecule is CC(=N/C=C(\C)N(C)CCN(C)C)C(C)C. The first-order valence-electron chi connectivity index (χ1n) is 5.91. The number of allylic oxidation sites excluding steroid dienone is 1. The molecule has 0 fully saturated rings. The number of rotatable bonds is 6. The van der Waals surface area contributed by atoms with Crippen LogP contribution < -0.4 is 0 Å². The fraction of sp³-hybridized carbons (Fsp3) is 0.769. The summed E-state index contributed by atoms with van der Waals surface area (Å²) < 4.78 is 0. The van der Waals surface area contributed by atoms with E-state index in [1.807, 2.05) is 6.20 Å². The van der Waals surface area contributed by atoms with E-state index in [0.717, 1.165) is 13.1 Å². The number of hydrogen-bond acceptors (Lipinski definition) is 3. The van der Waals surface area contributed by atoms with Crippen molar-refractivity contribution in [1.29, 1.82) is 0 Å². The molecule has 0 atom stereocenters. The molecule has 0 aliphatic carbocycles. The van der Waals surface area contributed by atoms with Crippen LogP contribution in [-0.2, 0) is 0 Å². The van der Waals surface area contributed by atoms with Gasteiger partial charge in [0.05, 0.1) is 0 Å². The molecule has 3 nitrogen and oxygen atoms in total. The van der Waals surface area contributed by atoms with E-state index < -0.39 is 0 Å². The van der Waals surface area contributed by atoms with Gasteiger partial charge in [0.2, 0.25) is 0 Å². The van der Waals surface area contributed by atoms with E-state index in [4.69, 9.17) is 0 Å². The monoisotopic (exact) mass is 225 g/mol. The summed E-state index contributed by atoms with van der Waals surface area (Å²) in [7, 11) is 6.29. The highest BCUT2D eigenvalue weighted by Gasteiger charge is 2.00. The van der Waals surface area contributed by atoms with Gasteiger partial charge in [0.1, 0.15) is 0 Å². The van der Waals surface area contributed by atoms with Crippen LogP contribution in [0.3, 0.4) is 0 Å². The number of nitrogens with zero attached hydrogens (tertiary/aromatic N) is 3. The molecule has 0 unspecified atom stereocenters. The van der Waals surface area contributed by atoms with Crippen molar-refractivity contribution in [3.63, 3.8) is 0 Å². The maximum atomic E-state index is 4.47. The topological polar surface area (TPSA) is 18.8 Å². The van der Waals surface area contributed by atoms with Gasteiger partial charge in [-0.05, 0) is 33.9 Å². The minimum absolute atomic E-state index is 0.524. The molecule has 0 aromatic heterocycles. The Labute approximate surface area is 101 Å². The Balaban J connectivity index is 4.26. The summed E-state index contributed by atoms with van der Waals surface area (Å²) in [6, 6.07) is 0. The molecule has 0 heterocycles. The van der Waals surface area contributed by atoms with Crippen molar-refractivity contribution >= 4 is 5.71 Å². The zero-order valence-electron chi connectivity index (χ0n) is 11.9. The molecule has 0 rings (SSSR count). The minimum atomic E-state index is 0.524. The van der Waals surface area contributed by atoms with Crippen molar-refractivity contribution in [2.24, 2.45) is 10.9 Å². The van der Waals surface area contributed by atoms with Crippen LogP contribution >= 0.6 is 0 Å². The van der Waals surface area contributed by atoms with Gasteiger partial charge in [-0.1, -0.05) is 13.8 Å². The molecule has 0 aromatic rings.